The third-order valence-electron chi connectivity index (χ3n) is 3.93. The van der Waals surface area contributed by atoms with E-state index in [-0.39, 0.29) is 12.4 Å². The van der Waals surface area contributed by atoms with Crippen LogP contribution in [-0.4, -0.2) is 31.6 Å². The molecule has 0 radical (unpaired) electrons. The van der Waals surface area contributed by atoms with Gasteiger partial charge in [0, 0.05) is 22.6 Å². The highest BCUT2D eigenvalue weighted by molar-refractivity contribution is 6.30. The van der Waals surface area contributed by atoms with Crippen molar-refractivity contribution < 1.29 is 26.5 Å². The van der Waals surface area contributed by atoms with E-state index in [1.165, 1.54) is 16.7 Å². The summed E-state index contributed by atoms with van der Waals surface area (Å²) in [4.78, 5) is 0. The number of nitrogens with zero attached hydrogens (tertiary/aromatic N) is 1. The van der Waals surface area contributed by atoms with E-state index < -0.39 is 0 Å². The van der Waals surface area contributed by atoms with Crippen molar-refractivity contribution in [3.63, 3.8) is 0 Å². The lowest BCUT2D eigenvalue weighted by Gasteiger charge is -2.16. The van der Waals surface area contributed by atoms with E-state index in [1.54, 1.807) is 14.2 Å². The fourth-order valence-electron chi connectivity index (χ4n) is 2.75. The second-order valence-corrected chi connectivity index (χ2v) is 5.82. The quantitative estimate of drug-likeness (QED) is 0.750. The lowest BCUT2D eigenvalue weighted by Crippen LogP contribution is -3.00. The molecule has 1 heterocycles. The first kappa shape index (κ1) is 17.6. The molecule has 2 aromatic carbocycles. The predicted octanol–water partition coefficient (Wildman–Crippen LogP) is 0.549. The second kappa shape index (κ2) is 7.71. The van der Waals surface area contributed by atoms with Crippen LogP contribution in [0.2, 0.25) is 5.02 Å². The SMILES string of the molecule is COc1cc2c(cc1OC)CC[N+](Cc1ccc(Cl)cc1)=C2.[Cl-]. The van der Waals surface area contributed by atoms with Crippen molar-refractivity contribution in [2.45, 2.75) is 13.0 Å². The van der Waals surface area contributed by atoms with Gasteiger partial charge in [-0.15, -0.1) is 0 Å². The molecule has 122 valence electrons. The molecule has 1 aliphatic rings. The van der Waals surface area contributed by atoms with Crippen molar-refractivity contribution in [1.29, 1.82) is 0 Å². The van der Waals surface area contributed by atoms with Gasteiger partial charge in [0.2, 0.25) is 0 Å². The van der Waals surface area contributed by atoms with Gasteiger partial charge in [0.1, 0.15) is 6.54 Å². The summed E-state index contributed by atoms with van der Waals surface area (Å²) >= 11 is 5.94. The van der Waals surface area contributed by atoms with Crippen LogP contribution in [0, 0.1) is 0 Å². The molecule has 0 N–H and O–H groups in total. The van der Waals surface area contributed by atoms with E-state index in [0.29, 0.717) is 0 Å². The molecule has 0 fully saturated rings. The van der Waals surface area contributed by atoms with E-state index in [1.807, 2.05) is 18.2 Å². The third kappa shape index (κ3) is 3.98. The van der Waals surface area contributed by atoms with Crippen LogP contribution in [-0.2, 0) is 13.0 Å². The van der Waals surface area contributed by atoms with Crippen molar-refractivity contribution in [2.24, 2.45) is 0 Å². The Balaban J connectivity index is 0.00000192. The van der Waals surface area contributed by atoms with Gasteiger partial charge in [-0.1, -0.05) is 23.7 Å². The number of rotatable bonds is 4. The Morgan fingerprint density at radius 2 is 1.70 bits per heavy atom. The third-order valence-corrected chi connectivity index (χ3v) is 4.19. The molecule has 5 heteroatoms. The highest BCUT2D eigenvalue weighted by Crippen LogP contribution is 2.31. The van der Waals surface area contributed by atoms with E-state index in [9.17, 15) is 0 Å². The molecule has 3 nitrogen and oxygen atoms in total. The van der Waals surface area contributed by atoms with Gasteiger partial charge in [-0.05, 0) is 29.8 Å². The predicted molar refractivity (Wildman–Crippen MR) is 88.7 cm³/mol. The summed E-state index contributed by atoms with van der Waals surface area (Å²) in [6.45, 7) is 1.87. The van der Waals surface area contributed by atoms with E-state index in [4.69, 9.17) is 21.1 Å². The smallest absolute Gasteiger partial charge is 0.171 e. The summed E-state index contributed by atoms with van der Waals surface area (Å²) < 4.78 is 13.1. The van der Waals surface area contributed by atoms with Gasteiger partial charge < -0.3 is 21.9 Å². The van der Waals surface area contributed by atoms with Gasteiger partial charge in [-0.3, -0.25) is 0 Å². The molecule has 0 atom stereocenters. The maximum Gasteiger partial charge on any atom is 0.171 e. The Morgan fingerprint density at radius 1 is 1.04 bits per heavy atom. The van der Waals surface area contributed by atoms with Crippen LogP contribution < -0.4 is 21.9 Å². The average molecular weight is 352 g/mol. The standard InChI is InChI=1S/C18H19ClNO2.ClH/c1-21-17-9-14-7-8-20(12-15(14)10-18(17)22-2)11-13-3-5-16(19)6-4-13;/h3-6,9-10,12H,7-8,11H2,1-2H3;1H/q+1;/p-1. The Morgan fingerprint density at radius 3 is 2.35 bits per heavy atom. The average Bonchev–Trinajstić information content (AvgIpc) is 2.55. The Kier molecular flexibility index (Phi) is 5.91. The summed E-state index contributed by atoms with van der Waals surface area (Å²) in [5.74, 6) is 1.56. The van der Waals surface area contributed by atoms with Crippen LogP contribution in [0.3, 0.4) is 0 Å². The number of hydrogen-bond donors (Lipinski definition) is 0. The Hall–Kier alpha value is -1.71. The summed E-state index contributed by atoms with van der Waals surface area (Å²) in [6.07, 6.45) is 3.19. The number of hydrogen-bond acceptors (Lipinski definition) is 2. The number of halogens is 2. The molecular weight excluding hydrogens is 333 g/mol. The number of benzene rings is 2. The van der Waals surface area contributed by atoms with Crippen LogP contribution in [0.4, 0.5) is 0 Å². The van der Waals surface area contributed by atoms with E-state index in [2.05, 4.69) is 29.0 Å². The topological polar surface area (TPSA) is 21.5 Å². The number of methoxy groups -OCH3 is 2. The van der Waals surface area contributed by atoms with Crippen LogP contribution >= 0.6 is 11.6 Å². The normalized spacial score (nSPS) is 12.7. The van der Waals surface area contributed by atoms with E-state index >= 15 is 0 Å². The number of fused-ring (bicyclic) bond motifs is 1. The summed E-state index contributed by atoms with van der Waals surface area (Å²) in [5.41, 5.74) is 3.74. The molecule has 0 unspecified atom stereocenters. The summed E-state index contributed by atoms with van der Waals surface area (Å²) in [6, 6.07) is 12.1. The monoisotopic (exact) mass is 351 g/mol. The van der Waals surface area contributed by atoms with Gasteiger partial charge in [0.25, 0.3) is 0 Å². The van der Waals surface area contributed by atoms with Crippen LogP contribution in [0.25, 0.3) is 0 Å². The lowest BCUT2D eigenvalue weighted by atomic mass is 10.0. The fraction of sp³-hybridized carbons (Fsp3) is 0.278. The van der Waals surface area contributed by atoms with Crippen LogP contribution in [0.15, 0.2) is 36.4 Å². The summed E-state index contributed by atoms with van der Waals surface area (Å²) in [7, 11) is 3.34. The molecule has 0 spiro atoms. The molecular formula is C18H19Cl2NO2. The number of ether oxygens (including phenoxy) is 2. The van der Waals surface area contributed by atoms with Crippen molar-refractivity contribution in [3.05, 3.63) is 58.1 Å². The van der Waals surface area contributed by atoms with Gasteiger partial charge in [-0.2, -0.15) is 0 Å². The molecule has 3 rings (SSSR count). The zero-order valence-corrected chi connectivity index (χ0v) is 14.7. The minimum atomic E-state index is 0. The first-order valence-electron chi connectivity index (χ1n) is 7.28. The highest BCUT2D eigenvalue weighted by atomic mass is 35.5. The molecule has 2 aromatic rings. The van der Waals surface area contributed by atoms with Gasteiger partial charge in [-0.25, -0.2) is 4.58 Å². The Bertz CT molecular complexity index is 712. The first-order chi connectivity index (χ1) is 10.7. The zero-order chi connectivity index (χ0) is 15.5. The summed E-state index contributed by atoms with van der Waals surface area (Å²) in [5, 5.41) is 0.772. The largest absolute Gasteiger partial charge is 1.00 e. The molecule has 0 saturated heterocycles. The lowest BCUT2D eigenvalue weighted by molar-refractivity contribution is -0.540. The molecule has 0 amide bonds. The first-order valence-corrected chi connectivity index (χ1v) is 7.65. The van der Waals surface area contributed by atoms with Gasteiger partial charge in [0.15, 0.2) is 24.3 Å². The fourth-order valence-corrected chi connectivity index (χ4v) is 2.87. The minimum absolute atomic E-state index is 0. The minimum Gasteiger partial charge on any atom is -1.00 e. The molecule has 1 aliphatic heterocycles. The van der Waals surface area contributed by atoms with E-state index in [0.717, 1.165) is 36.0 Å². The Labute approximate surface area is 147 Å². The van der Waals surface area contributed by atoms with Crippen LogP contribution in [0.5, 0.6) is 11.5 Å². The van der Waals surface area contributed by atoms with Crippen molar-refractivity contribution >= 4 is 17.8 Å². The molecule has 23 heavy (non-hydrogen) atoms. The van der Waals surface area contributed by atoms with Gasteiger partial charge >= 0.3 is 0 Å². The van der Waals surface area contributed by atoms with Crippen molar-refractivity contribution in [1.82, 2.24) is 0 Å². The molecule has 0 bridgehead atoms. The van der Waals surface area contributed by atoms with Gasteiger partial charge in [0.05, 0.1) is 14.2 Å². The highest BCUT2D eigenvalue weighted by Gasteiger charge is 2.19. The van der Waals surface area contributed by atoms with Crippen molar-refractivity contribution in [3.8, 4) is 11.5 Å². The van der Waals surface area contributed by atoms with Crippen LogP contribution in [0.1, 0.15) is 16.7 Å². The second-order valence-electron chi connectivity index (χ2n) is 5.38. The molecule has 0 aromatic heterocycles. The van der Waals surface area contributed by atoms with Crippen molar-refractivity contribution in [2.75, 3.05) is 20.8 Å². The molecule has 0 aliphatic carbocycles. The maximum atomic E-state index is 5.94. The molecule has 0 saturated carbocycles. The zero-order valence-electron chi connectivity index (χ0n) is 13.2. The maximum absolute atomic E-state index is 5.94.